The number of aromatic amines is 1. The van der Waals surface area contributed by atoms with Gasteiger partial charge in [0.1, 0.15) is 0 Å². The average molecular weight is 484 g/mol. The molecule has 0 radical (unpaired) electrons. The lowest BCUT2D eigenvalue weighted by Crippen LogP contribution is -1.95. The highest BCUT2D eigenvalue weighted by molar-refractivity contribution is 6.45. The Morgan fingerprint density at radius 2 is 1.16 bits per heavy atom. The Hall–Kier alpha value is -5.15. The van der Waals surface area contributed by atoms with Gasteiger partial charge in [0.25, 0.3) is 0 Å². The van der Waals surface area contributed by atoms with Crippen molar-refractivity contribution < 1.29 is 0 Å². The zero-order chi connectivity index (χ0) is 24.8. The lowest BCUT2D eigenvalue weighted by Gasteiger charge is -2.15. The van der Waals surface area contributed by atoms with Gasteiger partial charge in [-0.2, -0.15) is 0 Å². The summed E-state index contributed by atoms with van der Waals surface area (Å²) in [6.45, 7) is 0. The van der Waals surface area contributed by atoms with E-state index >= 15 is 0 Å². The molecule has 0 aliphatic heterocycles. The molecule has 176 valence electrons. The molecule has 3 nitrogen and oxygen atoms in total. The molecule has 3 heterocycles. The summed E-state index contributed by atoms with van der Waals surface area (Å²) in [5.74, 6) is 0. The van der Waals surface area contributed by atoms with Gasteiger partial charge in [-0.05, 0) is 40.4 Å². The number of hydrogen-bond donors (Lipinski definition) is 1. The van der Waals surface area contributed by atoms with E-state index in [0.717, 1.165) is 11.2 Å². The minimum Gasteiger partial charge on any atom is -0.354 e. The van der Waals surface area contributed by atoms with E-state index < -0.39 is 0 Å². The maximum atomic E-state index is 4.49. The first-order valence-corrected chi connectivity index (χ1v) is 13.0. The maximum Gasteiger partial charge on any atom is 0.0645 e. The van der Waals surface area contributed by atoms with Gasteiger partial charge < -0.3 is 9.55 Å². The second-order valence-electron chi connectivity index (χ2n) is 10.0. The molecular weight excluding hydrogens is 462 g/mol. The highest BCUT2D eigenvalue weighted by Crippen LogP contribution is 2.48. The van der Waals surface area contributed by atoms with E-state index in [0.29, 0.717) is 0 Å². The van der Waals surface area contributed by atoms with Crippen LogP contribution in [0.1, 0.15) is 0 Å². The van der Waals surface area contributed by atoms with Crippen LogP contribution in [0.2, 0.25) is 0 Å². The second-order valence-corrected chi connectivity index (χ2v) is 10.0. The van der Waals surface area contributed by atoms with Crippen LogP contribution in [0.25, 0.3) is 81.6 Å². The van der Waals surface area contributed by atoms with Crippen molar-refractivity contribution >= 4 is 75.9 Å². The third-order valence-corrected chi connectivity index (χ3v) is 8.15. The highest BCUT2D eigenvalue weighted by Gasteiger charge is 2.23. The Balaban J connectivity index is 1.74. The lowest BCUT2D eigenvalue weighted by atomic mass is 9.89. The SMILES string of the molecule is c1cncc(-n2c3ccccc3c3c4c(c5ccccc5c5[nH]c6ccccc6c54)c4ccccc4c32)c1. The molecule has 0 aliphatic rings. The van der Waals surface area contributed by atoms with Gasteiger partial charge in [0.05, 0.1) is 28.4 Å². The molecule has 6 aromatic carbocycles. The van der Waals surface area contributed by atoms with E-state index in [4.69, 9.17) is 0 Å². The lowest BCUT2D eigenvalue weighted by molar-refractivity contribution is 1.15. The zero-order valence-corrected chi connectivity index (χ0v) is 20.4. The number of pyridine rings is 1. The molecule has 0 fully saturated rings. The summed E-state index contributed by atoms with van der Waals surface area (Å²) in [5, 5.41) is 12.8. The summed E-state index contributed by atoms with van der Waals surface area (Å²) >= 11 is 0. The van der Waals surface area contributed by atoms with Crippen LogP contribution in [0, 0.1) is 0 Å². The molecule has 0 atom stereocenters. The van der Waals surface area contributed by atoms with Crippen LogP contribution in [0.3, 0.4) is 0 Å². The standard InChI is InChI=1S/C35H21N3/c1-3-13-24-22(11-1)30-23-12-2-4-14-25(23)35-32(33(30)31-26-15-5-7-17-28(26)37-34(24)31)27-16-6-8-18-29(27)38(35)21-10-9-19-36-20-21/h1-20,37H. The fourth-order valence-corrected chi connectivity index (χ4v) is 6.72. The van der Waals surface area contributed by atoms with E-state index in [1.165, 1.54) is 70.4 Å². The number of nitrogens with zero attached hydrogens (tertiary/aromatic N) is 2. The summed E-state index contributed by atoms with van der Waals surface area (Å²) < 4.78 is 2.40. The van der Waals surface area contributed by atoms with Crippen LogP contribution >= 0.6 is 0 Å². The summed E-state index contributed by atoms with van der Waals surface area (Å²) in [6, 6.07) is 39.4. The Kier molecular flexibility index (Phi) is 3.79. The van der Waals surface area contributed by atoms with Gasteiger partial charge in [-0.15, -0.1) is 0 Å². The Bertz CT molecular complexity index is 2390. The molecule has 38 heavy (non-hydrogen) atoms. The van der Waals surface area contributed by atoms with Crippen LogP contribution in [-0.2, 0) is 0 Å². The normalized spacial score (nSPS) is 12.2. The number of rotatable bonds is 1. The first kappa shape index (κ1) is 20.0. The Labute approximate surface area is 217 Å². The fraction of sp³-hybridized carbons (Fsp3) is 0. The van der Waals surface area contributed by atoms with Gasteiger partial charge in [0.2, 0.25) is 0 Å². The first-order valence-electron chi connectivity index (χ1n) is 13.0. The van der Waals surface area contributed by atoms with Crippen molar-refractivity contribution in [1.82, 2.24) is 14.5 Å². The van der Waals surface area contributed by atoms with Crippen molar-refractivity contribution in [2.24, 2.45) is 0 Å². The molecular formula is C35H21N3. The van der Waals surface area contributed by atoms with Gasteiger partial charge in [0.15, 0.2) is 0 Å². The molecule has 3 aromatic heterocycles. The van der Waals surface area contributed by atoms with E-state index in [9.17, 15) is 0 Å². The number of para-hydroxylation sites is 2. The van der Waals surface area contributed by atoms with Gasteiger partial charge in [-0.3, -0.25) is 4.98 Å². The van der Waals surface area contributed by atoms with Crippen molar-refractivity contribution in [3.8, 4) is 5.69 Å². The summed E-state index contributed by atoms with van der Waals surface area (Å²) in [7, 11) is 0. The maximum absolute atomic E-state index is 4.49. The van der Waals surface area contributed by atoms with Crippen LogP contribution in [0.15, 0.2) is 122 Å². The van der Waals surface area contributed by atoms with E-state index in [1.807, 2.05) is 18.5 Å². The molecule has 0 saturated carbocycles. The highest BCUT2D eigenvalue weighted by atomic mass is 15.0. The number of benzene rings is 6. The molecule has 0 bridgehead atoms. The van der Waals surface area contributed by atoms with E-state index in [-0.39, 0.29) is 0 Å². The van der Waals surface area contributed by atoms with E-state index in [2.05, 4.69) is 118 Å². The summed E-state index contributed by atoms with van der Waals surface area (Å²) in [4.78, 5) is 8.29. The second kappa shape index (κ2) is 7.21. The van der Waals surface area contributed by atoms with E-state index in [1.54, 1.807) is 0 Å². The van der Waals surface area contributed by atoms with Crippen LogP contribution in [0.5, 0.6) is 0 Å². The minimum absolute atomic E-state index is 1.07. The number of aromatic nitrogens is 3. The molecule has 0 amide bonds. The molecule has 0 saturated heterocycles. The molecule has 9 aromatic rings. The van der Waals surface area contributed by atoms with Gasteiger partial charge in [0, 0.05) is 49.4 Å². The predicted octanol–water partition coefficient (Wildman–Crippen LogP) is 9.27. The van der Waals surface area contributed by atoms with Crippen LogP contribution in [0.4, 0.5) is 0 Å². The summed E-state index contributed by atoms with van der Waals surface area (Å²) in [5.41, 5.74) is 5.85. The molecule has 0 unspecified atom stereocenters. The average Bonchev–Trinajstić information content (AvgIpc) is 3.55. The molecule has 0 aliphatic carbocycles. The number of H-pyrrole nitrogens is 1. The van der Waals surface area contributed by atoms with Crippen LogP contribution in [-0.4, -0.2) is 14.5 Å². The molecule has 1 N–H and O–H groups in total. The predicted molar refractivity (Wildman–Crippen MR) is 160 cm³/mol. The Morgan fingerprint density at radius 3 is 1.95 bits per heavy atom. The number of fused-ring (bicyclic) bond motifs is 15. The third-order valence-electron chi connectivity index (χ3n) is 8.15. The van der Waals surface area contributed by atoms with Gasteiger partial charge in [-0.25, -0.2) is 0 Å². The summed E-state index contributed by atoms with van der Waals surface area (Å²) in [6.07, 6.45) is 3.80. The van der Waals surface area contributed by atoms with Gasteiger partial charge in [-0.1, -0.05) is 84.9 Å². The quantitative estimate of drug-likeness (QED) is 0.232. The van der Waals surface area contributed by atoms with Crippen molar-refractivity contribution in [2.75, 3.05) is 0 Å². The molecule has 0 spiro atoms. The van der Waals surface area contributed by atoms with Crippen molar-refractivity contribution in [1.29, 1.82) is 0 Å². The monoisotopic (exact) mass is 483 g/mol. The van der Waals surface area contributed by atoms with Crippen molar-refractivity contribution in [3.05, 3.63) is 122 Å². The van der Waals surface area contributed by atoms with Crippen LogP contribution < -0.4 is 0 Å². The smallest absolute Gasteiger partial charge is 0.0645 e. The van der Waals surface area contributed by atoms with Crippen molar-refractivity contribution in [3.63, 3.8) is 0 Å². The van der Waals surface area contributed by atoms with Crippen molar-refractivity contribution in [2.45, 2.75) is 0 Å². The molecule has 3 heteroatoms. The fourth-order valence-electron chi connectivity index (χ4n) is 6.72. The Morgan fingerprint density at radius 1 is 0.500 bits per heavy atom. The third kappa shape index (κ3) is 2.41. The topological polar surface area (TPSA) is 33.6 Å². The zero-order valence-electron chi connectivity index (χ0n) is 20.4. The van der Waals surface area contributed by atoms with Gasteiger partial charge >= 0.3 is 0 Å². The number of hydrogen-bond acceptors (Lipinski definition) is 1. The largest absolute Gasteiger partial charge is 0.354 e. The minimum atomic E-state index is 1.07. The first-order chi connectivity index (χ1) is 18.9. The number of nitrogens with one attached hydrogen (secondary N) is 1. The molecule has 9 rings (SSSR count).